The largest absolute Gasteiger partial charge is 0.496 e. The number of esters is 1. The lowest BCUT2D eigenvalue weighted by Crippen LogP contribution is -2.45. The number of benzene rings is 1. The molecule has 3 rings (SSSR count). The summed E-state index contributed by atoms with van der Waals surface area (Å²) < 4.78 is 10.0. The number of hydrogen-bond donors (Lipinski definition) is 1. The Bertz CT molecular complexity index is 632. The molecule has 1 heterocycles. The van der Waals surface area contributed by atoms with Gasteiger partial charge < -0.3 is 9.47 Å². The van der Waals surface area contributed by atoms with Crippen molar-refractivity contribution in [1.82, 2.24) is 5.43 Å². The van der Waals surface area contributed by atoms with Crippen molar-refractivity contribution in [3.8, 4) is 5.75 Å². The van der Waals surface area contributed by atoms with Gasteiger partial charge in [0.15, 0.2) is 0 Å². The smallest absolute Gasteiger partial charge is 0.341 e. The molecule has 1 aromatic rings. The number of nitrogens with zero attached hydrogens (tertiary/aromatic N) is 2. The van der Waals surface area contributed by atoms with Crippen LogP contribution in [0.15, 0.2) is 18.2 Å². The summed E-state index contributed by atoms with van der Waals surface area (Å²) in [7, 11) is 2.82. The first kappa shape index (κ1) is 18.3. The molecule has 1 N–H and O–H groups in total. The Kier molecular flexibility index (Phi) is 5.54. The molecule has 1 spiro atoms. The van der Waals surface area contributed by atoms with Crippen molar-refractivity contribution in [2.75, 3.05) is 25.8 Å². The molecular formula is C16H23ClN3O4+. The maximum absolute atomic E-state index is 12.3. The molecule has 0 aromatic heterocycles. The first-order valence-corrected chi connectivity index (χ1v) is 7.87. The Morgan fingerprint density at radius 1 is 1.25 bits per heavy atom. The van der Waals surface area contributed by atoms with E-state index in [0.717, 1.165) is 30.7 Å². The summed E-state index contributed by atoms with van der Waals surface area (Å²) >= 11 is 0. The SMILES string of the molecule is COC(=O)c1ccc(N2CC3(CCCCC3)N[N+]2=O)cc1OC.Cl. The number of hydrogen-bond acceptors (Lipinski definition) is 4. The summed E-state index contributed by atoms with van der Waals surface area (Å²) in [6, 6.07) is 5.06. The van der Waals surface area contributed by atoms with Crippen LogP contribution in [0, 0.1) is 4.91 Å². The van der Waals surface area contributed by atoms with Crippen molar-refractivity contribution < 1.29 is 19.2 Å². The molecule has 0 radical (unpaired) electrons. The summed E-state index contributed by atoms with van der Waals surface area (Å²) in [6.45, 7) is 0.622. The van der Waals surface area contributed by atoms with E-state index in [0.29, 0.717) is 23.5 Å². The van der Waals surface area contributed by atoms with Crippen molar-refractivity contribution in [2.45, 2.75) is 37.6 Å². The zero-order valence-corrected chi connectivity index (χ0v) is 14.7. The Morgan fingerprint density at radius 2 is 1.96 bits per heavy atom. The summed E-state index contributed by atoms with van der Waals surface area (Å²) in [5, 5.41) is 1.65. The molecule has 1 aromatic carbocycles. The first-order chi connectivity index (χ1) is 11.1. The topological polar surface area (TPSA) is 70.9 Å². The minimum atomic E-state index is -0.462. The highest BCUT2D eigenvalue weighted by Crippen LogP contribution is 2.35. The lowest BCUT2D eigenvalue weighted by molar-refractivity contribution is -0.605. The quantitative estimate of drug-likeness (QED) is 0.663. The number of nitroso groups, excluding NO2 is 1. The number of nitrogens with one attached hydrogen (secondary N) is 1. The molecule has 0 bridgehead atoms. The molecule has 1 saturated heterocycles. The Morgan fingerprint density at radius 3 is 2.58 bits per heavy atom. The van der Waals surface area contributed by atoms with Crippen molar-refractivity contribution in [3.63, 3.8) is 0 Å². The van der Waals surface area contributed by atoms with E-state index < -0.39 is 5.97 Å². The van der Waals surface area contributed by atoms with Crippen molar-refractivity contribution in [3.05, 3.63) is 28.7 Å². The van der Waals surface area contributed by atoms with Gasteiger partial charge >= 0.3 is 5.97 Å². The van der Waals surface area contributed by atoms with Crippen LogP contribution < -0.4 is 15.2 Å². The van der Waals surface area contributed by atoms with E-state index in [-0.39, 0.29) is 17.9 Å². The van der Waals surface area contributed by atoms with Crippen LogP contribution in [0.3, 0.4) is 0 Å². The minimum Gasteiger partial charge on any atom is -0.496 e. The van der Waals surface area contributed by atoms with Crippen LogP contribution in [0.4, 0.5) is 5.69 Å². The van der Waals surface area contributed by atoms with Gasteiger partial charge in [0.2, 0.25) is 0 Å². The first-order valence-electron chi connectivity index (χ1n) is 7.87. The molecule has 24 heavy (non-hydrogen) atoms. The highest BCUT2D eigenvalue weighted by atomic mass is 35.5. The highest BCUT2D eigenvalue weighted by Gasteiger charge is 2.50. The van der Waals surface area contributed by atoms with Crippen LogP contribution in [0.5, 0.6) is 5.75 Å². The Hall–Kier alpha value is -2.02. The van der Waals surface area contributed by atoms with Gasteiger partial charge in [0.05, 0.1) is 19.1 Å². The minimum absolute atomic E-state index is 0. The molecule has 0 atom stereocenters. The van der Waals surface area contributed by atoms with Crippen LogP contribution in [-0.2, 0) is 4.74 Å². The van der Waals surface area contributed by atoms with E-state index in [4.69, 9.17) is 9.47 Å². The monoisotopic (exact) mass is 356 g/mol. The van der Waals surface area contributed by atoms with Crippen LogP contribution in [-0.4, -0.2) is 37.3 Å². The molecule has 2 fully saturated rings. The normalized spacial score (nSPS) is 18.8. The molecule has 2 aliphatic rings. The van der Waals surface area contributed by atoms with Crippen molar-refractivity contribution >= 4 is 24.1 Å². The van der Waals surface area contributed by atoms with Crippen LogP contribution >= 0.6 is 12.4 Å². The number of halogens is 1. The third kappa shape index (κ3) is 3.26. The standard InChI is InChI=1S/C16H22N3O4.ClH/c1-22-14-10-12(6-7-13(14)15(20)23-2)18-11-16(17-19(18)21)8-4-3-5-9-16;/h6-7,10H,3-5,8-9,11H2,1-2H3,(H,17,21);1H/q+1;. The zero-order chi connectivity index (χ0) is 16.4. The van der Waals surface area contributed by atoms with Gasteiger partial charge in [0, 0.05) is 6.07 Å². The fourth-order valence-electron chi connectivity index (χ4n) is 3.46. The third-order valence-corrected chi connectivity index (χ3v) is 4.70. The van der Waals surface area contributed by atoms with Crippen LogP contribution in [0.25, 0.3) is 0 Å². The van der Waals surface area contributed by atoms with Crippen molar-refractivity contribution in [2.24, 2.45) is 0 Å². The summed E-state index contributed by atoms with van der Waals surface area (Å²) in [5.74, 6) is -0.0666. The maximum atomic E-state index is 12.3. The van der Waals surface area contributed by atoms with Crippen molar-refractivity contribution in [1.29, 1.82) is 0 Å². The number of hydrazine groups is 2. The number of carbonyl (C=O) groups is 1. The molecule has 132 valence electrons. The van der Waals surface area contributed by atoms with Gasteiger partial charge in [-0.05, 0) is 25.0 Å². The van der Waals surface area contributed by atoms with Gasteiger partial charge in [-0.15, -0.1) is 17.8 Å². The average Bonchev–Trinajstić information content (AvgIpc) is 2.90. The molecule has 0 unspecified atom stereocenters. The number of methoxy groups -OCH3 is 2. The molecule has 1 aliphatic carbocycles. The lowest BCUT2D eigenvalue weighted by atomic mass is 9.82. The fraction of sp³-hybridized carbons (Fsp3) is 0.562. The van der Waals surface area contributed by atoms with E-state index in [1.165, 1.54) is 20.6 Å². The summed E-state index contributed by atoms with van der Waals surface area (Å²) in [4.78, 5) is 24.9. The van der Waals surface area contributed by atoms with E-state index in [1.807, 2.05) is 0 Å². The molecule has 1 aliphatic heterocycles. The highest BCUT2D eigenvalue weighted by molar-refractivity contribution is 5.93. The number of ether oxygens (including phenoxy) is 2. The third-order valence-electron chi connectivity index (χ3n) is 4.70. The van der Waals surface area contributed by atoms with Gasteiger partial charge in [-0.25, -0.2) is 4.79 Å². The predicted octanol–water partition coefficient (Wildman–Crippen LogP) is 2.63. The fourth-order valence-corrected chi connectivity index (χ4v) is 3.46. The van der Waals surface area contributed by atoms with E-state index in [1.54, 1.807) is 23.2 Å². The van der Waals surface area contributed by atoms with Crippen LogP contribution in [0.1, 0.15) is 42.5 Å². The summed E-state index contributed by atoms with van der Waals surface area (Å²) in [6.07, 6.45) is 5.50. The van der Waals surface area contributed by atoms with Gasteiger partial charge in [-0.1, -0.05) is 24.3 Å². The van der Waals surface area contributed by atoms with E-state index in [2.05, 4.69) is 5.43 Å². The predicted molar refractivity (Wildman–Crippen MR) is 91.5 cm³/mol. The second-order valence-corrected chi connectivity index (χ2v) is 6.16. The number of rotatable bonds is 3. The molecule has 8 heteroatoms. The van der Waals surface area contributed by atoms with E-state index in [9.17, 15) is 9.70 Å². The number of anilines is 1. The van der Waals surface area contributed by atoms with Gasteiger partial charge in [-0.3, -0.25) is 0 Å². The lowest BCUT2D eigenvalue weighted by Gasteiger charge is -2.27. The zero-order valence-electron chi connectivity index (χ0n) is 13.9. The molecule has 1 saturated carbocycles. The second-order valence-electron chi connectivity index (χ2n) is 6.16. The second kappa shape index (κ2) is 7.25. The van der Waals surface area contributed by atoms with E-state index >= 15 is 0 Å². The van der Waals surface area contributed by atoms with Gasteiger partial charge in [0.25, 0.3) is 4.98 Å². The van der Waals surface area contributed by atoms with Gasteiger partial charge in [-0.2, -0.15) is 0 Å². The molecule has 7 nitrogen and oxygen atoms in total. The van der Waals surface area contributed by atoms with Gasteiger partial charge in [0.1, 0.15) is 29.1 Å². The number of carbonyl (C=O) groups excluding carboxylic acids is 1. The van der Waals surface area contributed by atoms with Crippen LogP contribution in [0.2, 0.25) is 0 Å². The average molecular weight is 357 g/mol. The summed E-state index contributed by atoms with van der Waals surface area (Å²) in [5.41, 5.74) is 3.97. The Balaban J connectivity index is 0.00000208. The Labute approximate surface area is 147 Å². The molecular weight excluding hydrogens is 334 g/mol. The molecule has 0 amide bonds. The maximum Gasteiger partial charge on any atom is 0.341 e.